The normalized spacial score (nSPS) is 11.1. The summed E-state index contributed by atoms with van der Waals surface area (Å²) in [6.45, 7) is 9.27. The van der Waals surface area contributed by atoms with Crippen LogP contribution >= 0.6 is 0 Å². The first kappa shape index (κ1) is 30.7. The third kappa shape index (κ3) is 7.82. The molecule has 0 atom stereocenters. The van der Waals surface area contributed by atoms with Gasteiger partial charge in [-0.15, -0.1) is 0 Å². The van der Waals surface area contributed by atoms with Crippen molar-refractivity contribution < 1.29 is 26.3 Å². The summed E-state index contributed by atoms with van der Waals surface area (Å²) >= 11 is 0. The Balaban J connectivity index is 0.000000623. The number of benzene rings is 2. The molecule has 0 aliphatic carbocycles. The van der Waals surface area contributed by atoms with Gasteiger partial charge < -0.3 is 4.90 Å². The van der Waals surface area contributed by atoms with Gasteiger partial charge in [0.15, 0.2) is 0 Å². The zero-order chi connectivity index (χ0) is 27.8. The van der Waals surface area contributed by atoms with Crippen molar-refractivity contribution in [2.24, 2.45) is 5.41 Å². The first-order chi connectivity index (χ1) is 16.8. The lowest BCUT2D eigenvalue weighted by molar-refractivity contribution is 0.0324. The van der Waals surface area contributed by atoms with E-state index >= 15 is 0 Å². The smallest absolute Gasteiger partial charge is 0.256 e. The number of nitrogens with one attached hydrogen (secondary N) is 2. The van der Waals surface area contributed by atoms with Gasteiger partial charge in [-0.1, -0.05) is 40.7 Å². The summed E-state index contributed by atoms with van der Waals surface area (Å²) < 4.78 is 79.1. The summed E-state index contributed by atoms with van der Waals surface area (Å²) in [6, 6.07) is 7.71. The van der Waals surface area contributed by atoms with E-state index < -0.39 is 42.1 Å². The predicted molar refractivity (Wildman–Crippen MR) is 131 cm³/mol. The molecule has 0 amide bonds. The van der Waals surface area contributed by atoms with Crippen molar-refractivity contribution in [3.63, 3.8) is 0 Å². The maximum Gasteiger partial charge on any atom is 0.256 e. The Bertz CT molecular complexity index is 1200. The van der Waals surface area contributed by atoms with Crippen molar-refractivity contribution in [3.05, 3.63) is 59.2 Å². The van der Waals surface area contributed by atoms with Crippen LogP contribution < -0.4 is 10.5 Å². The van der Waals surface area contributed by atoms with E-state index in [1.807, 2.05) is 13.8 Å². The number of halogens is 6. The van der Waals surface area contributed by atoms with E-state index in [0.29, 0.717) is 5.56 Å². The van der Waals surface area contributed by atoms with Gasteiger partial charge in [0.1, 0.15) is 17.5 Å². The van der Waals surface area contributed by atoms with Crippen molar-refractivity contribution in [3.8, 4) is 0 Å². The molecule has 36 heavy (non-hydrogen) atoms. The molecule has 0 radical (unpaired) electrons. The molecule has 11 heteroatoms. The van der Waals surface area contributed by atoms with E-state index in [-0.39, 0.29) is 22.4 Å². The van der Waals surface area contributed by atoms with Crippen LogP contribution in [0.5, 0.6) is 0 Å². The summed E-state index contributed by atoms with van der Waals surface area (Å²) in [5, 5.41) is 15.3. The molecule has 2 N–H and O–H groups in total. The van der Waals surface area contributed by atoms with Gasteiger partial charge in [0, 0.05) is 11.1 Å². The SMILES string of the molecule is CC.CC(C)(C)C(F)F.Cc1cc(F)cc(N(CC(F)F)c2nc(=N)n(C=N)c3cccc(F)c23)c1. The third-order valence-electron chi connectivity index (χ3n) is 4.61. The number of rotatable bonds is 5. The van der Waals surface area contributed by atoms with E-state index in [9.17, 15) is 26.3 Å². The quantitative estimate of drug-likeness (QED) is 0.213. The monoisotopic (exact) mass is 515 g/mol. The predicted octanol–water partition coefficient (Wildman–Crippen LogP) is 7.28. The van der Waals surface area contributed by atoms with Crippen LogP contribution in [0, 0.1) is 34.8 Å². The van der Waals surface area contributed by atoms with Crippen LogP contribution in [0.4, 0.5) is 37.8 Å². The molecular formula is C25H31F6N5. The lowest BCUT2D eigenvalue weighted by Gasteiger charge is -2.26. The molecule has 1 heterocycles. The zero-order valence-electron chi connectivity index (χ0n) is 21.0. The van der Waals surface area contributed by atoms with Gasteiger partial charge in [0.05, 0.1) is 23.8 Å². The highest BCUT2D eigenvalue weighted by Crippen LogP contribution is 2.32. The minimum Gasteiger partial charge on any atom is -0.320 e. The molecule has 5 nitrogen and oxygen atoms in total. The van der Waals surface area contributed by atoms with Crippen molar-refractivity contribution in [1.82, 2.24) is 9.55 Å². The van der Waals surface area contributed by atoms with Crippen LogP contribution in [0.15, 0.2) is 36.4 Å². The summed E-state index contributed by atoms with van der Waals surface area (Å²) in [7, 11) is 0. The van der Waals surface area contributed by atoms with E-state index in [0.717, 1.165) is 27.9 Å². The van der Waals surface area contributed by atoms with Crippen molar-refractivity contribution in [2.45, 2.75) is 54.4 Å². The number of fused-ring (bicyclic) bond motifs is 1. The first-order valence-electron chi connectivity index (χ1n) is 11.1. The number of nitrogens with zero attached hydrogens (tertiary/aromatic N) is 3. The highest BCUT2D eigenvalue weighted by molar-refractivity contribution is 5.94. The maximum atomic E-state index is 14.6. The number of aryl methyl sites for hydroxylation is 1. The molecule has 0 fully saturated rings. The Labute approximate surface area is 206 Å². The van der Waals surface area contributed by atoms with Crippen LogP contribution in [0.2, 0.25) is 0 Å². The Morgan fingerprint density at radius 2 is 1.64 bits per heavy atom. The van der Waals surface area contributed by atoms with Crippen molar-refractivity contribution in [2.75, 3.05) is 11.4 Å². The molecule has 0 saturated carbocycles. The average molecular weight is 516 g/mol. The Morgan fingerprint density at radius 3 is 2.11 bits per heavy atom. The molecule has 0 aliphatic rings. The highest BCUT2D eigenvalue weighted by Gasteiger charge is 2.23. The standard InChI is InChI=1S/C18H15F4N5.C5H10F2.C2H6/c1-10-5-11(19)7-12(6-10)26(8-15(21)22)17-16-13(20)3-2-4-14(16)27(9-23)18(24)25-17;1-5(2,3)4(6)7;1-2/h2-7,9,15,23-24H,8H2,1H3;4H,1-3H3;1-2H3. The molecule has 0 spiro atoms. The fourth-order valence-corrected chi connectivity index (χ4v) is 2.91. The molecule has 3 rings (SSSR count). The summed E-state index contributed by atoms with van der Waals surface area (Å²) in [5.41, 5.74) is -0.597. The number of hydrogen-bond donors (Lipinski definition) is 2. The van der Waals surface area contributed by atoms with Gasteiger partial charge in [-0.2, -0.15) is 4.98 Å². The molecular weight excluding hydrogens is 484 g/mol. The topological polar surface area (TPSA) is 68.8 Å². The van der Waals surface area contributed by atoms with Crippen LogP contribution in [0.1, 0.15) is 40.2 Å². The Hall–Kier alpha value is -3.37. The largest absolute Gasteiger partial charge is 0.320 e. The summed E-state index contributed by atoms with van der Waals surface area (Å²) in [4.78, 5) is 4.92. The molecule has 198 valence electrons. The Kier molecular flexibility index (Phi) is 11.1. The minimum atomic E-state index is -2.82. The second kappa shape index (κ2) is 13.1. The fourth-order valence-electron chi connectivity index (χ4n) is 2.91. The Morgan fingerprint density at radius 1 is 1.06 bits per heavy atom. The lowest BCUT2D eigenvalue weighted by atomic mass is 9.98. The number of aromatic nitrogens is 2. The molecule has 2 aromatic carbocycles. The van der Waals surface area contributed by atoms with E-state index in [1.54, 1.807) is 6.92 Å². The zero-order valence-corrected chi connectivity index (χ0v) is 21.0. The molecule has 0 aliphatic heterocycles. The van der Waals surface area contributed by atoms with Gasteiger partial charge in [0.25, 0.3) is 6.43 Å². The number of alkyl halides is 4. The van der Waals surface area contributed by atoms with Crippen LogP contribution in [-0.4, -0.2) is 35.3 Å². The third-order valence-corrected chi connectivity index (χ3v) is 4.61. The van der Waals surface area contributed by atoms with Gasteiger partial charge in [0.2, 0.25) is 12.0 Å². The molecule has 3 aromatic rings. The van der Waals surface area contributed by atoms with E-state index in [1.165, 1.54) is 45.0 Å². The molecule has 0 unspecified atom stereocenters. The summed E-state index contributed by atoms with van der Waals surface area (Å²) in [5.74, 6) is -1.62. The van der Waals surface area contributed by atoms with Gasteiger partial charge in [-0.25, -0.2) is 26.3 Å². The van der Waals surface area contributed by atoms with E-state index in [2.05, 4.69) is 4.98 Å². The van der Waals surface area contributed by atoms with Gasteiger partial charge >= 0.3 is 0 Å². The first-order valence-corrected chi connectivity index (χ1v) is 11.1. The second-order valence-corrected chi connectivity index (χ2v) is 8.55. The van der Waals surface area contributed by atoms with Crippen LogP contribution in [0.3, 0.4) is 0 Å². The lowest BCUT2D eigenvalue weighted by Crippen LogP contribution is -2.31. The average Bonchev–Trinajstić information content (AvgIpc) is 2.77. The van der Waals surface area contributed by atoms with Gasteiger partial charge in [-0.05, 0) is 42.8 Å². The van der Waals surface area contributed by atoms with Gasteiger partial charge in [-0.3, -0.25) is 15.4 Å². The maximum absolute atomic E-state index is 14.6. The highest BCUT2D eigenvalue weighted by atomic mass is 19.3. The number of anilines is 2. The van der Waals surface area contributed by atoms with Crippen molar-refractivity contribution >= 4 is 28.7 Å². The van der Waals surface area contributed by atoms with Crippen LogP contribution in [0.25, 0.3) is 10.9 Å². The second-order valence-electron chi connectivity index (χ2n) is 8.55. The molecule has 0 saturated heterocycles. The van der Waals surface area contributed by atoms with E-state index in [4.69, 9.17) is 10.8 Å². The number of hydrogen-bond acceptors (Lipinski definition) is 4. The van der Waals surface area contributed by atoms with Crippen LogP contribution in [-0.2, 0) is 0 Å². The summed E-state index contributed by atoms with van der Waals surface area (Å²) in [6.07, 6.45) is -4.24. The molecule has 0 bridgehead atoms. The minimum absolute atomic E-state index is 0.0665. The fraction of sp³-hybridized carbons (Fsp3) is 0.400. The molecule has 1 aromatic heterocycles. The van der Waals surface area contributed by atoms with Crippen molar-refractivity contribution in [1.29, 1.82) is 10.8 Å².